The Morgan fingerprint density at radius 3 is 2.50 bits per heavy atom. The van der Waals surface area contributed by atoms with Gasteiger partial charge in [-0.25, -0.2) is 0 Å². The Hall–Kier alpha value is -0.610. The van der Waals surface area contributed by atoms with Crippen molar-refractivity contribution in [1.29, 1.82) is 0 Å². The molecule has 1 rings (SSSR count). The summed E-state index contributed by atoms with van der Waals surface area (Å²) >= 11 is 0. The van der Waals surface area contributed by atoms with Gasteiger partial charge in [0.15, 0.2) is 0 Å². The maximum atomic E-state index is 11.6. The van der Waals surface area contributed by atoms with Gasteiger partial charge in [-0.2, -0.15) is 0 Å². The summed E-state index contributed by atoms with van der Waals surface area (Å²) in [6.45, 7) is 1.61. The first-order chi connectivity index (χ1) is 7.63. The number of methoxy groups -OCH3 is 1. The van der Waals surface area contributed by atoms with Crippen LogP contribution in [0.1, 0.15) is 45.4 Å². The van der Waals surface area contributed by atoms with Gasteiger partial charge in [-0.15, -0.1) is 0 Å². The fourth-order valence-corrected chi connectivity index (χ4v) is 2.03. The Morgan fingerprint density at radius 2 is 2.00 bits per heavy atom. The molecule has 0 aromatic carbocycles. The zero-order chi connectivity index (χ0) is 12.0. The van der Waals surface area contributed by atoms with E-state index in [1.54, 1.807) is 6.92 Å². The summed E-state index contributed by atoms with van der Waals surface area (Å²) < 4.78 is 10.4. The molecule has 0 radical (unpaired) electrons. The van der Waals surface area contributed by atoms with Gasteiger partial charge < -0.3 is 14.6 Å². The van der Waals surface area contributed by atoms with Gasteiger partial charge in [0.2, 0.25) is 0 Å². The van der Waals surface area contributed by atoms with Crippen LogP contribution in [0.3, 0.4) is 0 Å². The molecule has 1 aliphatic rings. The smallest absolute Gasteiger partial charge is 0.308 e. The van der Waals surface area contributed by atoms with Crippen molar-refractivity contribution in [2.24, 2.45) is 0 Å². The molecule has 1 fully saturated rings. The van der Waals surface area contributed by atoms with Crippen molar-refractivity contribution < 1.29 is 19.4 Å². The minimum atomic E-state index is -0.649. The van der Waals surface area contributed by atoms with Crippen LogP contribution >= 0.6 is 0 Å². The lowest BCUT2D eigenvalue weighted by molar-refractivity contribution is -0.155. The fraction of sp³-hybridized carbons (Fsp3) is 0.917. The van der Waals surface area contributed by atoms with Gasteiger partial charge in [0.05, 0.1) is 18.6 Å². The van der Waals surface area contributed by atoms with Crippen molar-refractivity contribution in [3.63, 3.8) is 0 Å². The molecular formula is C12H22O4. The number of esters is 1. The molecule has 2 unspecified atom stereocenters. The lowest BCUT2D eigenvalue weighted by Crippen LogP contribution is -2.30. The average molecular weight is 230 g/mol. The SMILES string of the molecule is COC(CC(=O)OC1CCCCC1)C(C)O. The molecule has 0 bridgehead atoms. The number of ether oxygens (including phenoxy) is 2. The summed E-state index contributed by atoms with van der Waals surface area (Å²) in [5.41, 5.74) is 0. The quantitative estimate of drug-likeness (QED) is 0.730. The van der Waals surface area contributed by atoms with Gasteiger partial charge in [-0.3, -0.25) is 4.79 Å². The van der Waals surface area contributed by atoms with Crippen LogP contribution in [0.2, 0.25) is 0 Å². The highest BCUT2D eigenvalue weighted by Crippen LogP contribution is 2.21. The van der Waals surface area contributed by atoms with E-state index >= 15 is 0 Å². The van der Waals surface area contributed by atoms with Gasteiger partial charge in [0.25, 0.3) is 0 Å². The number of hydrogen-bond donors (Lipinski definition) is 1. The summed E-state index contributed by atoms with van der Waals surface area (Å²) in [7, 11) is 1.49. The Bertz CT molecular complexity index is 209. The molecule has 0 saturated heterocycles. The Morgan fingerprint density at radius 1 is 1.38 bits per heavy atom. The van der Waals surface area contributed by atoms with E-state index in [1.165, 1.54) is 13.5 Å². The van der Waals surface area contributed by atoms with Crippen molar-refractivity contribution in [1.82, 2.24) is 0 Å². The first-order valence-electron chi connectivity index (χ1n) is 6.04. The Kier molecular flexibility index (Phi) is 5.77. The number of aliphatic hydroxyl groups excluding tert-OH is 1. The molecule has 0 heterocycles. The summed E-state index contributed by atoms with van der Waals surface area (Å²) in [5.74, 6) is -0.264. The second kappa shape index (κ2) is 6.86. The molecular weight excluding hydrogens is 208 g/mol. The molecule has 0 amide bonds. The summed E-state index contributed by atoms with van der Waals surface area (Å²) in [4.78, 5) is 11.6. The van der Waals surface area contributed by atoms with E-state index < -0.39 is 12.2 Å². The standard InChI is InChI=1S/C12H22O4/c1-9(13)11(15-2)8-12(14)16-10-6-4-3-5-7-10/h9-11,13H,3-8H2,1-2H3. The van der Waals surface area contributed by atoms with E-state index in [-0.39, 0.29) is 18.5 Å². The first-order valence-corrected chi connectivity index (χ1v) is 6.04. The second-order valence-corrected chi connectivity index (χ2v) is 4.47. The van der Waals surface area contributed by atoms with Crippen LogP contribution in [0.4, 0.5) is 0 Å². The van der Waals surface area contributed by atoms with Gasteiger partial charge in [-0.1, -0.05) is 6.42 Å². The number of rotatable bonds is 5. The van der Waals surface area contributed by atoms with Crippen molar-refractivity contribution in [2.45, 2.75) is 63.8 Å². The molecule has 0 aliphatic heterocycles. The second-order valence-electron chi connectivity index (χ2n) is 4.47. The number of aliphatic hydroxyl groups is 1. The number of carbonyl (C=O) groups is 1. The monoisotopic (exact) mass is 230 g/mol. The fourth-order valence-electron chi connectivity index (χ4n) is 2.03. The highest BCUT2D eigenvalue weighted by atomic mass is 16.5. The zero-order valence-electron chi connectivity index (χ0n) is 10.1. The largest absolute Gasteiger partial charge is 0.462 e. The summed E-state index contributed by atoms with van der Waals surface area (Å²) in [6, 6.07) is 0. The van der Waals surface area contributed by atoms with Gasteiger partial charge in [0, 0.05) is 7.11 Å². The van der Waals surface area contributed by atoms with Crippen LogP contribution in [0.25, 0.3) is 0 Å². The predicted octanol–water partition coefficient (Wildman–Crippen LogP) is 1.65. The third-order valence-corrected chi connectivity index (χ3v) is 3.06. The molecule has 0 spiro atoms. The molecule has 0 aromatic rings. The van der Waals surface area contributed by atoms with Crippen molar-refractivity contribution in [2.75, 3.05) is 7.11 Å². The number of carbonyl (C=O) groups excluding carboxylic acids is 1. The third kappa shape index (κ3) is 4.49. The van der Waals surface area contributed by atoms with Crippen LogP contribution in [-0.4, -0.2) is 36.5 Å². The van der Waals surface area contributed by atoms with Crippen molar-refractivity contribution >= 4 is 5.97 Å². The van der Waals surface area contributed by atoms with E-state index in [9.17, 15) is 9.90 Å². The van der Waals surface area contributed by atoms with Crippen LogP contribution in [0, 0.1) is 0 Å². The Balaban J connectivity index is 2.28. The molecule has 2 atom stereocenters. The minimum Gasteiger partial charge on any atom is -0.462 e. The average Bonchev–Trinajstić information content (AvgIpc) is 2.27. The lowest BCUT2D eigenvalue weighted by atomic mass is 9.98. The molecule has 1 N–H and O–H groups in total. The topological polar surface area (TPSA) is 55.8 Å². The van der Waals surface area contributed by atoms with Crippen LogP contribution in [0.15, 0.2) is 0 Å². The molecule has 4 heteroatoms. The molecule has 16 heavy (non-hydrogen) atoms. The van der Waals surface area contributed by atoms with E-state index in [0.29, 0.717) is 0 Å². The summed E-state index contributed by atoms with van der Waals surface area (Å²) in [6.07, 6.45) is 4.56. The van der Waals surface area contributed by atoms with Crippen LogP contribution in [0.5, 0.6) is 0 Å². The summed E-state index contributed by atoms with van der Waals surface area (Å²) in [5, 5.41) is 9.33. The van der Waals surface area contributed by atoms with Crippen molar-refractivity contribution in [3.8, 4) is 0 Å². The Labute approximate surface area is 96.9 Å². The van der Waals surface area contributed by atoms with Crippen molar-refractivity contribution in [3.05, 3.63) is 0 Å². The van der Waals surface area contributed by atoms with E-state index in [0.717, 1.165) is 25.7 Å². The van der Waals surface area contributed by atoms with Gasteiger partial charge in [-0.05, 0) is 32.6 Å². The van der Waals surface area contributed by atoms with E-state index in [2.05, 4.69) is 0 Å². The van der Waals surface area contributed by atoms with Crippen LogP contribution in [-0.2, 0) is 14.3 Å². The highest BCUT2D eigenvalue weighted by Gasteiger charge is 2.22. The third-order valence-electron chi connectivity index (χ3n) is 3.06. The van der Waals surface area contributed by atoms with Gasteiger partial charge in [0.1, 0.15) is 6.10 Å². The molecule has 4 nitrogen and oxygen atoms in total. The first kappa shape index (κ1) is 13.5. The molecule has 1 saturated carbocycles. The molecule has 1 aliphatic carbocycles. The van der Waals surface area contributed by atoms with E-state index in [4.69, 9.17) is 9.47 Å². The van der Waals surface area contributed by atoms with Crippen LogP contribution < -0.4 is 0 Å². The maximum Gasteiger partial charge on any atom is 0.308 e. The highest BCUT2D eigenvalue weighted by molar-refractivity contribution is 5.70. The predicted molar refractivity (Wildman–Crippen MR) is 60.1 cm³/mol. The zero-order valence-corrected chi connectivity index (χ0v) is 10.1. The normalized spacial score (nSPS) is 21.4. The molecule has 0 aromatic heterocycles. The van der Waals surface area contributed by atoms with E-state index in [1.807, 2.05) is 0 Å². The maximum absolute atomic E-state index is 11.6. The number of hydrogen-bond acceptors (Lipinski definition) is 4. The van der Waals surface area contributed by atoms with Gasteiger partial charge >= 0.3 is 5.97 Å². The lowest BCUT2D eigenvalue weighted by Gasteiger charge is -2.23. The minimum absolute atomic E-state index is 0.0766. The molecule has 94 valence electrons.